The summed E-state index contributed by atoms with van der Waals surface area (Å²) in [6, 6.07) is 3.79. The summed E-state index contributed by atoms with van der Waals surface area (Å²) in [6.45, 7) is 0.717. The normalized spacial score (nSPS) is 20.1. The molecule has 2 aliphatic carbocycles. The van der Waals surface area contributed by atoms with E-state index >= 15 is 0 Å². The van der Waals surface area contributed by atoms with E-state index in [0.717, 1.165) is 11.4 Å². The van der Waals surface area contributed by atoms with Gasteiger partial charge in [0.2, 0.25) is 10.0 Å². The molecule has 3 rings (SSSR count). The zero-order valence-electron chi connectivity index (χ0n) is 11.1. The van der Waals surface area contributed by atoms with Gasteiger partial charge in [-0.25, -0.2) is 13.1 Å². The first-order valence-electron chi connectivity index (χ1n) is 6.86. The lowest BCUT2D eigenvalue weighted by molar-refractivity contribution is 0.472. The molecule has 2 aliphatic rings. The van der Waals surface area contributed by atoms with Crippen LogP contribution in [-0.4, -0.2) is 21.5 Å². The van der Waals surface area contributed by atoms with Crippen LogP contribution in [0, 0.1) is 11.8 Å². The maximum absolute atomic E-state index is 12.4. The summed E-state index contributed by atoms with van der Waals surface area (Å²) < 4.78 is 28.2. The van der Waals surface area contributed by atoms with Gasteiger partial charge in [-0.15, -0.1) is 11.3 Å². The van der Waals surface area contributed by atoms with Crippen LogP contribution >= 0.6 is 11.3 Å². The number of hydrogen-bond acceptors (Lipinski definition) is 4. The molecule has 0 spiro atoms. The van der Waals surface area contributed by atoms with Crippen molar-refractivity contribution in [3.63, 3.8) is 0 Å². The van der Waals surface area contributed by atoms with E-state index in [1.807, 2.05) is 13.1 Å². The number of hydrogen-bond donors (Lipinski definition) is 2. The molecule has 0 radical (unpaired) electrons. The molecular weight excluding hydrogens is 280 g/mol. The Hall–Kier alpha value is -0.430. The van der Waals surface area contributed by atoms with Crippen molar-refractivity contribution in [1.29, 1.82) is 0 Å². The van der Waals surface area contributed by atoms with E-state index in [2.05, 4.69) is 10.0 Å². The van der Waals surface area contributed by atoms with Crippen LogP contribution in [0.15, 0.2) is 16.3 Å². The first kappa shape index (κ1) is 13.5. The topological polar surface area (TPSA) is 58.2 Å². The maximum atomic E-state index is 12.4. The van der Waals surface area contributed by atoms with E-state index in [0.29, 0.717) is 16.0 Å². The standard InChI is InChI=1S/C13H20N2O2S2/c1-14-8-11-6-7-12(18-11)19(16,17)15-13(9-2-3-9)10-4-5-10/h6-7,9-10,13-15H,2-5,8H2,1H3. The van der Waals surface area contributed by atoms with Crippen molar-refractivity contribution in [3.8, 4) is 0 Å². The first-order chi connectivity index (χ1) is 9.10. The average molecular weight is 300 g/mol. The Morgan fingerprint density at radius 2 is 1.89 bits per heavy atom. The van der Waals surface area contributed by atoms with Gasteiger partial charge in [-0.05, 0) is 56.7 Å². The van der Waals surface area contributed by atoms with Gasteiger partial charge in [0.1, 0.15) is 4.21 Å². The lowest BCUT2D eigenvalue weighted by Crippen LogP contribution is -2.37. The summed E-state index contributed by atoms with van der Waals surface area (Å²) >= 11 is 1.36. The predicted molar refractivity (Wildman–Crippen MR) is 76.6 cm³/mol. The van der Waals surface area contributed by atoms with Crippen LogP contribution in [0.2, 0.25) is 0 Å². The number of thiophene rings is 1. The van der Waals surface area contributed by atoms with E-state index < -0.39 is 10.0 Å². The zero-order valence-corrected chi connectivity index (χ0v) is 12.7. The molecule has 2 fully saturated rings. The number of nitrogens with one attached hydrogen (secondary N) is 2. The van der Waals surface area contributed by atoms with Crippen LogP contribution in [0.3, 0.4) is 0 Å². The zero-order chi connectivity index (χ0) is 13.5. The Kier molecular flexibility index (Phi) is 3.68. The molecule has 6 heteroatoms. The van der Waals surface area contributed by atoms with E-state index in [-0.39, 0.29) is 6.04 Å². The van der Waals surface area contributed by atoms with Crippen molar-refractivity contribution in [2.24, 2.45) is 11.8 Å². The molecular formula is C13H20N2O2S2. The van der Waals surface area contributed by atoms with Gasteiger partial charge in [0.25, 0.3) is 0 Å². The van der Waals surface area contributed by atoms with Gasteiger partial charge >= 0.3 is 0 Å². The molecule has 0 atom stereocenters. The Bertz CT molecular complexity index is 533. The molecule has 19 heavy (non-hydrogen) atoms. The number of rotatable bonds is 7. The Morgan fingerprint density at radius 1 is 1.26 bits per heavy atom. The lowest BCUT2D eigenvalue weighted by atomic mass is 10.1. The van der Waals surface area contributed by atoms with E-state index in [4.69, 9.17) is 0 Å². The summed E-state index contributed by atoms with van der Waals surface area (Å²) in [5.41, 5.74) is 0. The summed E-state index contributed by atoms with van der Waals surface area (Å²) in [6.07, 6.45) is 4.72. The predicted octanol–water partition coefficient (Wildman–Crippen LogP) is 1.93. The summed E-state index contributed by atoms with van der Waals surface area (Å²) in [7, 11) is -1.46. The highest BCUT2D eigenvalue weighted by atomic mass is 32.2. The molecule has 1 aromatic heterocycles. The van der Waals surface area contributed by atoms with Crippen LogP contribution in [-0.2, 0) is 16.6 Å². The van der Waals surface area contributed by atoms with Gasteiger partial charge in [-0.2, -0.15) is 0 Å². The molecule has 106 valence electrons. The molecule has 0 aromatic carbocycles. The highest BCUT2D eigenvalue weighted by molar-refractivity contribution is 7.91. The first-order valence-corrected chi connectivity index (χ1v) is 9.16. The smallest absolute Gasteiger partial charge is 0.250 e. The summed E-state index contributed by atoms with van der Waals surface area (Å²) in [4.78, 5) is 1.05. The number of sulfonamides is 1. The minimum Gasteiger partial charge on any atom is -0.315 e. The van der Waals surface area contributed by atoms with Crippen LogP contribution in [0.4, 0.5) is 0 Å². The third-order valence-corrected chi connectivity index (χ3v) is 6.84. The highest BCUT2D eigenvalue weighted by Crippen LogP contribution is 2.45. The molecule has 1 heterocycles. The molecule has 2 N–H and O–H groups in total. The SMILES string of the molecule is CNCc1ccc(S(=O)(=O)NC(C2CC2)C2CC2)s1. The average Bonchev–Trinajstić information content (AvgIpc) is 3.27. The maximum Gasteiger partial charge on any atom is 0.250 e. The second-order valence-electron chi connectivity index (χ2n) is 5.57. The molecule has 0 unspecified atom stereocenters. The van der Waals surface area contributed by atoms with E-state index in [1.165, 1.54) is 37.0 Å². The second kappa shape index (κ2) is 5.16. The van der Waals surface area contributed by atoms with Gasteiger partial charge in [-0.3, -0.25) is 0 Å². The van der Waals surface area contributed by atoms with Crippen molar-refractivity contribution in [3.05, 3.63) is 17.0 Å². The van der Waals surface area contributed by atoms with Crippen molar-refractivity contribution in [2.75, 3.05) is 7.05 Å². The van der Waals surface area contributed by atoms with Crippen molar-refractivity contribution < 1.29 is 8.42 Å². The molecule has 0 amide bonds. The monoisotopic (exact) mass is 300 g/mol. The van der Waals surface area contributed by atoms with E-state index in [9.17, 15) is 8.42 Å². The fourth-order valence-corrected chi connectivity index (χ4v) is 5.26. The van der Waals surface area contributed by atoms with Crippen LogP contribution in [0.1, 0.15) is 30.6 Å². The van der Waals surface area contributed by atoms with Crippen molar-refractivity contribution >= 4 is 21.4 Å². The van der Waals surface area contributed by atoms with Gasteiger partial charge in [0.05, 0.1) is 0 Å². The molecule has 0 aliphatic heterocycles. The third-order valence-electron chi connectivity index (χ3n) is 3.80. The molecule has 0 saturated heterocycles. The van der Waals surface area contributed by atoms with Crippen LogP contribution in [0.25, 0.3) is 0 Å². The molecule has 0 bridgehead atoms. The summed E-state index contributed by atoms with van der Waals surface area (Å²) in [5, 5.41) is 3.04. The fourth-order valence-electron chi connectivity index (χ4n) is 2.50. The quantitative estimate of drug-likeness (QED) is 0.809. The lowest BCUT2D eigenvalue weighted by Gasteiger charge is -2.16. The largest absolute Gasteiger partial charge is 0.315 e. The van der Waals surface area contributed by atoms with Gasteiger partial charge < -0.3 is 5.32 Å². The van der Waals surface area contributed by atoms with E-state index in [1.54, 1.807) is 6.07 Å². The minimum atomic E-state index is -3.33. The third kappa shape index (κ3) is 3.18. The highest BCUT2D eigenvalue weighted by Gasteiger charge is 2.43. The fraction of sp³-hybridized carbons (Fsp3) is 0.692. The summed E-state index contributed by atoms with van der Waals surface area (Å²) in [5.74, 6) is 1.16. The molecule has 1 aromatic rings. The minimum absolute atomic E-state index is 0.180. The van der Waals surface area contributed by atoms with Gasteiger partial charge in [0, 0.05) is 17.5 Å². The molecule has 2 saturated carbocycles. The Balaban J connectivity index is 1.73. The van der Waals surface area contributed by atoms with Crippen molar-refractivity contribution in [1.82, 2.24) is 10.0 Å². The second-order valence-corrected chi connectivity index (χ2v) is 8.68. The van der Waals surface area contributed by atoms with Crippen LogP contribution < -0.4 is 10.0 Å². The van der Waals surface area contributed by atoms with Gasteiger partial charge in [-0.1, -0.05) is 0 Å². The Labute approximate surface area is 118 Å². The Morgan fingerprint density at radius 3 is 2.42 bits per heavy atom. The van der Waals surface area contributed by atoms with Gasteiger partial charge in [0.15, 0.2) is 0 Å². The van der Waals surface area contributed by atoms with Crippen molar-refractivity contribution in [2.45, 2.75) is 42.5 Å². The van der Waals surface area contributed by atoms with Crippen LogP contribution in [0.5, 0.6) is 0 Å². The molecule has 4 nitrogen and oxygen atoms in total.